The van der Waals surface area contributed by atoms with Crippen LogP contribution in [0.25, 0.3) is 0 Å². The molecule has 1 N–H and O–H groups in total. The molecule has 1 aliphatic rings. The van der Waals surface area contributed by atoms with Crippen LogP contribution in [0.3, 0.4) is 0 Å². The van der Waals surface area contributed by atoms with Crippen molar-refractivity contribution in [3.8, 4) is 0 Å². The predicted molar refractivity (Wildman–Crippen MR) is 81.8 cm³/mol. The number of likely N-dealkylation sites (tertiary alicyclic amines) is 1. The van der Waals surface area contributed by atoms with Crippen LogP contribution >= 0.6 is 0 Å². The van der Waals surface area contributed by atoms with Gasteiger partial charge in [0.2, 0.25) is 0 Å². The number of hydrogen-bond acceptors (Lipinski definition) is 4. The molecular weight excluding hydrogens is 264 g/mol. The lowest BCUT2D eigenvalue weighted by Crippen LogP contribution is -2.19. The van der Waals surface area contributed by atoms with Gasteiger partial charge in [0.15, 0.2) is 0 Å². The molecule has 0 bridgehead atoms. The Bertz CT molecular complexity index is 585. The SMILES string of the molecule is CN(C)Cc1cnc(C2CCN(Cc3cnn(C)c3)C2)[nH]1. The van der Waals surface area contributed by atoms with Gasteiger partial charge in [-0.3, -0.25) is 9.58 Å². The second-order valence-corrected chi connectivity index (χ2v) is 6.27. The number of H-pyrrole nitrogens is 1. The molecule has 1 saturated heterocycles. The van der Waals surface area contributed by atoms with E-state index in [9.17, 15) is 0 Å². The smallest absolute Gasteiger partial charge is 0.110 e. The minimum atomic E-state index is 0.526. The lowest BCUT2D eigenvalue weighted by atomic mass is 10.1. The molecule has 1 aliphatic heterocycles. The summed E-state index contributed by atoms with van der Waals surface area (Å²) in [6, 6.07) is 0. The molecule has 0 radical (unpaired) electrons. The summed E-state index contributed by atoms with van der Waals surface area (Å²) in [5, 5.41) is 4.23. The van der Waals surface area contributed by atoms with Crippen molar-refractivity contribution in [3.05, 3.63) is 35.7 Å². The highest BCUT2D eigenvalue weighted by atomic mass is 15.2. The standard InChI is InChI=1S/C15H24N6/c1-19(2)11-14-7-16-15(18-14)13-4-5-21(10-13)9-12-6-17-20(3)8-12/h6-8,13H,4-5,9-11H2,1-3H3,(H,16,18). The molecule has 1 fully saturated rings. The molecular formula is C15H24N6. The third kappa shape index (κ3) is 3.51. The molecule has 0 aliphatic carbocycles. The third-order valence-electron chi connectivity index (χ3n) is 3.96. The number of aromatic amines is 1. The van der Waals surface area contributed by atoms with Crippen molar-refractivity contribution >= 4 is 0 Å². The Balaban J connectivity index is 1.57. The normalized spacial score (nSPS) is 19.7. The van der Waals surface area contributed by atoms with Gasteiger partial charge in [0.05, 0.1) is 6.20 Å². The molecule has 0 saturated carbocycles. The quantitative estimate of drug-likeness (QED) is 0.898. The first kappa shape index (κ1) is 14.3. The Kier molecular flexibility index (Phi) is 4.07. The van der Waals surface area contributed by atoms with Crippen molar-refractivity contribution in [2.75, 3.05) is 27.2 Å². The van der Waals surface area contributed by atoms with E-state index in [-0.39, 0.29) is 0 Å². The van der Waals surface area contributed by atoms with Crippen LogP contribution in [0.15, 0.2) is 18.6 Å². The summed E-state index contributed by atoms with van der Waals surface area (Å²) in [5.41, 5.74) is 2.48. The minimum Gasteiger partial charge on any atom is -0.345 e. The monoisotopic (exact) mass is 288 g/mol. The Morgan fingerprint density at radius 2 is 2.24 bits per heavy atom. The molecule has 21 heavy (non-hydrogen) atoms. The fraction of sp³-hybridized carbons (Fsp3) is 0.600. The van der Waals surface area contributed by atoms with Gasteiger partial charge in [-0.2, -0.15) is 5.10 Å². The minimum absolute atomic E-state index is 0.526. The van der Waals surface area contributed by atoms with E-state index >= 15 is 0 Å². The van der Waals surface area contributed by atoms with Crippen LogP contribution in [0.2, 0.25) is 0 Å². The molecule has 0 aromatic carbocycles. The maximum absolute atomic E-state index is 4.57. The first-order valence-electron chi connectivity index (χ1n) is 7.48. The number of aromatic nitrogens is 4. The average Bonchev–Trinajstić information content (AvgIpc) is 3.11. The van der Waals surface area contributed by atoms with Gasteiger partial charge in [-0.05, 0) is 27.1 Å². The van der Waals surface area contributed by atoms with Gasteiger partial charge in [0.25, 0.3) is 0 Å². The second kappa shape index (κ2) is 5.99. The fourth-order valence-corrected chi connectivity index (χ4v) is 3.02. The fourth-order valence-electron chi connectivity index (χ4n) is 3.02. The number of imidazole rings is 1. The zero-order chi connectivity index (χ0) is 14.8. The number of nitrogens with one attached hydrogen (secondary N) is 1. The van der Waals surface area contributed by atoms with Gasteiger partial charge in [-0.25, -0.2) is 4.98 Å². The highest BCUT2D eigenvalue weighted by molar-refractivity contribution is 5.09. The summed E-state index contributed by atoms with van der Waals surface area (Å²) in [7, 11) is 6.11. The molecule has 2 aromatic rings. The van der Waals surface area contributed by atoms with Gasteiger partial charge in [0, 0.05) is 56.3 Å². The first-order valence-corrected chi connectivity index (χ1v) is 7.48. The van der Waals surface area contributed by atoms with Crippen LogP contribution < -0.4 is 0 Å². The Morgan fingerprint density at radius 3 is 2.95 bits per heavy atom. The van der Waals surface area contributed by atoms with Gasteiger partial charge >= 0.3 is 0 Å². The highest BCUT2D eigenvalue weighted by Crippen LogP contribution is 2.26. The number of aryl methyl sites for hydroxylation is 1. The molecule has 1 atom stereocenters. The molecule has 2 aromatic heterocycles. The maximum atomic E-state index is 4.57. The predicted octanol–water partition coefficient (Wildman–Crippen LogP) is 1.19. The average molecular weight is 288 g/mol. The Hall–Kier alpha value is -1.66. The Morgan fingerprint density at radius 1 is 1.38 bits per heavy atom. The lowest BCUT2D eigenvalue weighted by Gasteiger charge is -2.14. The van der Waals surface area contributed by atoms with E-state index in [0.717, 1.165) is 32.0 Å². The van der Waals surface area contributed by atoms with E-state index in [4.69, 9.17) is 0 Å². The van der Waals surface area contributed by atoms with Gasteiger partial charge < -0.3 is 9.88 Å². The van der Waals surface area contributed by atoms with E-state index in [1.165, 1.54) is 17.7 Å². The summed E-state index contributed by atoms with van der Waals surface area (Å²) in [6.07, 6.45) is 7.19. The van der Waals surface area contributed by atoms with Crippen molar-refractivity contribution in [1.82, 2.24) is 29.5 Å². The second-order valence-electron chi connectivity index (χ2n) is 6.27. The van der Waals surface area contributed by atoms with Gasteiger partial charge in [-0.1, -0.05) is 0 Å². The Labute approximate surface area is 125 Å². The molecule has 6 heteroatoms. The number of nitrogens with zero attached hydrogens (tertiary/aromatic N) is 5. The zero-order valence-corrected chi connectivity index (χ0v) is 13.1. The van der Waals surface area contributed by atoms with Crippen LogP contribution in [0.1, 0.15) is 29.4 Å². The van der Waals surface area contributed by atoms with Crippen LogP contribution in [0, 0.1) is 0 Å². The van der Waals surface area contributed by atoms with Crippen molar-refractivity contribution in [2.24, 2.45) is 7.05 Å². The molecule has 1 unspecified atom stereocenters. The molecule has 3 rings (SSSR count). The highest BCUT2D eigenvalue weighted by Gasteiger charge is 2.26. The summed E-state index contributed by atoms with van der Waals surface area (Å²) in [6.45, 7) is 4.10. The summed E-state index contributed by atoms with van der Waals surface area (Å²) in [4.78, 5) is 12.7. The van der Waals surface area contributed by atoms with E-state index in [1.807, 2.05) is 24.1 Å². The first-order chi connectivity index (χ1) is 10.1. The summed E-state index contributed by atoms with van der Waals surface area (Å²) in [5.74, 6) is 1.66. The molecule has 6 nitrogen and oxygen atoms in total. The van der Waals surface area contributed by atoms with Crippen LogP contribution in [0.4, 0.5) is 0 Å². The van der Waals surface area contributed by atoms with E-state index < -0.39 is 0 Å². The van der Waals surface area contributed by atoms with Crippen molar-refractivity contribution < 1.29 is 0 Å². The molecule has 0 spiro atoms. The summed E-state index contributed by atoms with van der Waals surface area (Å²) < 4.78 is 1.86. The van der Waals surface area contributed by atoms with E-state index in [2.05, 4.69) is 45.2 Å². The van der Waals surface area contributed by atoms with Crippen molar-refractivity contribution in [3.63, 3.8) is 0 Å². The molecule has 0 amide bonds. The largest absolute Gasteiger partial charge is 0.345 e. The van der Waals surface area contributed by atoms with Gasteiger partial charge in [0.1, 0.15) is 5.82 Å². The van der Waals surface area contributed by atoms with E-state index in [1.54, 1.807) is 0 Å². The summed E-state index contributed by atoms with van der Waals surface area (Å²) >= 11 is 0. The molecule has 114 valence electrons. The zero-order valence-electron chi connectivity index (χ0n) is 13.1. The van der Waals surface area contributed by atoms with Crippen LogP contribution in [-0.2, 0) is 20.1 Å². The topological polar surface area (TPSA) is 53.0 Å². The lowest BCUT2D eigenvalue weighted by molar-refractivity contribution is 0.325. The number of rotatable bonds is 5. The third-order valence-corrected chi connectivity index (χ3v) is 3.96. The van der Waals surface area contributed by atoms with E-state index in [0.29, 0.717) is 5.92 Å². The maximum Gasteiger partial charge on any atom is 0.110 e. The van der Waals surface area contributed by atoms with Crippen LogP contribution in [0.5, 0.6) is 0 Å². The van der Waals surface area contributed by atoms with Crippen molar-refractivity contribution in [1.29, 1.82) is 0 Å². The van der Waals surface area contributed by atoms with Crippen LogP contribution in [-0.4, -0.2) is 56.7 Å². The number of hydrogen-bond donors (Lipinski definition) is 1. The molecule has 3 heterocycles. The van der Waals surface area contributed by atoms with Gasteiger partial charge in [-0.15, -0.1) is 0 Å². The van der Waals surface area contributed by atoms with Crippen molar-refractivity contribution in [2.45, 2.75) is 25.4 Å².